The number of phenols is 1. The van der Waals surface area contributed by atoms with Gasteiger partial charge in [0.2, 0.25) is 5.91 Å². The Hall–Kier alpha value is -2.82. The lowest BCUT2D eigenvalue weighted by atomic mass is 10.1. The molecule has 1 amide bonds. The van der Waals surface area contributed by atoms with Crippen molar-refractivity contribution in [3.8, 4) is 11.5 Å². The summed E-state index contributed by atoms with van der Waals surface area (Å²) in [6.45, 7) is 2.54. The predicted octanol–water partition coefficient (Wildman–Crippen LogP) is 2.48. The third kappa shape index (κ3) is 4.94. The summed E-state index contributed by atoms with van der Waals surface area (Å²) >= 11 is 0. The molecule has 22 heavy (non-hydrogen) atoms. The smallest absolute Gasteiger partial charge is 0.244 e. The van der Waals surface area contributed by atoms with E-state index < -0.39 is 0 Å². The number of carbonyl (C=O) groups excluding carboxylic acids is 1. The lowest BCUT2D eigenvalue weighted by Gasteiger charge is -2.04. The van der Waals surface area contributed by atoms with Gasteiger partial charge in [0.25, 0.3) is 0 Å². The Kier molecular flexibility index (Phi) is 5.54. The monoisotopic (exact) mass is 298 g/mol. The Balaban J connectivity index is 1.85. The fraction of sp³-hybridized carbons (Fsp3) is 0.176. The minimum absolute atomic E-state index is 0.157. The van der Waals surface area contributed by atoms with Crippen molar-refractivity contribution < 1.29 is 14.6 Å². The van der Waals surface area contributed by atoms with E-state index in [4.69, 9.17) is 4.74 Å². The Bertz CT molecular complexity index is 651. The van der Waals surface area contributed by atoms with Gasteiger partial charge in [0.15, 0.2) is 0 Å². The average molecular weight is 298 g/mol. The van der Waals surface area contributed by atoms with Gasteiger partial charge in [-0.1, -0.05) is 24.3 Å². The van der Waals surface area contributed by atoms with Gasteiger partial charge in [-0.3, -0.25) is 4.79 Å². The molecule has 5 nitrogen and oxygen atoms in total. The van der Waals surface area contributed by atoms with E-state index in [1.54, 1.807) is 24.3 Å². The van der Waals surface area contributed by atoms with Gasteiger partial charge in [-0.05, 0) is 42.3 Å². The number of amides is 1. The summed E-state index contributed by atoms with van der Waals surface area (Å²) in [6.07, 6.45) is 1.72. The second-order valence-electron chi connectivity index (χ2n) is 4.64. The summed E-state index contributed by atoms with van der Waals surface area (Å²) in [6, 6.07) is 14.0. The van der Waals surface area contributed by atoms with Crippen molar-refractivity contribution in [2.24, 2.45) is 5.10 Å². The first-order chi connectivity index (χ1) is 10.7. The maximum atomic E-state index is 11.8. The van der Waals surface area contributed by atoms with Crippen LogP contribution in [0.5, 0.6) is 11.5 Å². The zero-order valence-electron chi connectivity index (χ0n) is 12.3. The van der Waals surface area contributed by atoms with Crippen molar-refractivity contribution in [1.82, 2.24) is 5.43 Å². The highest BCUT2D eigenvalue weighted by atomic mass is 16.5. The molecule has 0 fully saturated rings. The molecular weight excluding hydrogens is 280 g/mol. The van der Waals surface area contributed by atoms with Crippen LogP contribution in [-0.2, 0) is 11.2 Å². The van der Waals surface area contributed by atoms with E-state index in [1.807, 2.05) is 31.2 Å². The number of ether oxygens (including phenoxy) is 1. The highest BCUT2D eigenvalue weighted by Gasteiger charge is 2.02. The van der Waals surface area contributed by atoms with E-state index >= 15 is 0 Å². The zero-order chi connectivity index (χ0) is 15.8. The topological polar surface area (TPSA) is 70.9 Å². The van der Waals surface area contributed by atoms with E-state index in [0.29, 0.717) is 12.2 Å². The summed E-state index contributed by atoms with van der Waals surface area (Å²) in [4.78, 5) is 11.8. The van der Waals surface area contributed by atoms with Crippen LogP contribution in [-0.4, -0.2) is 23.8 Å². The number of benzene rings is 2. The highest BCUT2D eigenvalue weighted by molar-refractivity contribution is 5.83. The molecule has 0 aliphatic heterocycles. The molecule has 0 unspecified atom stereocenters. The minimum Gasteiger partial charge on any atom is -0.508 e. The molecule has 0 saturated carbocycles. The molecule has 0 aliphatic carbocycles. The maximum absolute atomic E-state index is 11.8. The quantitative estimate of drug-likeness (QED) is 0.636. The standard InChI is InChI=1S/C17H18N2O3/c1-2-22-16-8-6-13(7-9-16)11-17(21)19-18-12-14-4-3-5-15(20)10-14/h3-10,12,20H,2,11H2,1H3,(H,19,21)/b18-12-. The van der Waals surface area contributed by atoms with Crippen LogP contribution in [0.25, 0.3) is 0 Å². The third-order valence-electron chi connectivity index (χ3n) is 2.87. The van der Waals surface area contributed by atoms with Gasteiger partial charge in [-0.15, -0.1) is 0 Å². The first kappa shape index (κ1) is 15.6. The van der Waals surface area contributed by atoms with Crippen LogP contribution in [0.1, 0.15) is 18.1 Å². The maximum Gasteiger partial charge on any atom is 0.244 e. The van der Waals surface area contributed by atoms with Crippen LogP contribution in [0, 0.1) is 0 Å². The van der Waals surface area contributed by atoms with Gasteiger partial charge in [0, 0.05) is 0 Å². The second-order valence-corrected chi connectivity index (χ2v) is 4.64. The second kappa shape index (κ2) is 7.83. The van der Waals surface area contributed by atoms with Gasteiger partial charge in [-0.25, -0.2) is 5.43 Å². The van der Waals surface area contributed by atoms with Crippen LogP contribution < -0.4 is 10.2 Å². The lowest BCUT2D eigenvalue weighted by molar-refractivity contribution is -0.120. The molecule has 0 radical (unpaired) electrons. The molecule has 2 aromatic rings. The Labute approximate surface area is 129 Å². The Morgan fingerprint density at radius 1 is 1.27 bits per heavy atom. The van der Waals surface area contributed by atoms with Gasteiger partial charge >= 0.3 is 0 Å². The molecule has 0 spiro atoms. The molecule has 2 N–H and O–H groups in total. The zero-order valence-corrected chi connectivity index (χ0v) is 12.3. The van der Waals surface area contributed by atoms with E-state index in [0.717, 1.165) is 11.3 Å². The van der Waals surface area contributed by atoms with Crippen LogP contribution in [0.2, 0.25) is 0 Å². The molecule has 0 saturated heterocycles. The summed E-state index contributed by atoms with van der Waals surface area (Å²) in [5.74, 6) is 0.735. The van der Waals surface area contributed by atoms with E-state index in [1.165, 1.54) is 6.21 Å². The molecule has 114 valence electrons. The number of hydrogen-bond acceptors (Lipinski definition) is 4. The number of carbonyl (C=O) groups is 1. The first-order valence-corrected chi connectivity index (χ1v) is 7.00. The molecule has 5 heteroatoms. The normalized spacial score (nSPS) is 10.6. The third-order valence-corrected chi connectivity index (χ3v) is 2.87. The minimum atomic E-state index is -0.208. The van der Waals surface area contributed by atoms with Crippen molar-refractivity contribution in [2.45, 2.75) is 13.3 Å². The van der Waals surface area contributed by atoms with Gasteiger partial charge in [0.1, 0.15) is 11.5 Å². The molecule has 0 aromatic heterocycles. The molecule has 0 atom stereocenters. The molecule has 0 bridgehead atoms. The lowest BCUT2D eigenvalue weighted by Crippen LogP contribution is -2.19. The van der Waals surface area contributed by atoms with Crippen molar-refractivity contribution in [1.29, 1.82) is 0 Å². The van der Waals surface area contributed by atoms with Gasteiger partial charge in [-0.2, -0.15) is 5.10 Å². The summed E-state index contributed by atoms with van der Waals surface area (Å²) in [5, 5.41) is 13.2. The van der Waals surface area contributed by atoms with Gasteiger partial charge in [0.05, 0.1) is 19.2 Å². The van der Waals surface area contributed by atoms with Crippen molar-refractivity contribution in [3.05, 3.63) is 59.7 Å². The van der Waals surface area contributed by atoms with Crippen molar-refractivity contribution in [2.75, 3.05) is 6.61 Å². The number of aromatic hydroxyl groups is 1. The largest absolute Gasteiger partial charge is 0.508 e. The van der Waals surface area contributed by atoms with Crippen LogP contribution in [0.15, 0.2) is 53.6 Å². The summed E-state index contributed by atoms with van der Waals surface area (Å²) < 4.78 is 5.34. The SMILES string of the molecule is CCOc1ccc(CC(=O)N/N=C\c2cccc(O)c2)cc1. The summed E-state index contributed by atoms with van der Waals surface area (Å²) in [5.41, 5.74) is 4.05. The fourth-order valence-corrected chi connectivity index (χ4v) is 1.88. The highest BCUT2D eigenvalue weighted by Crippen LogP contribution is 2.12. The molecular formula is C17H18N2O3. The molecule has 0 aliphatic rings. The number of hydrogen-bond donors (Lipinski definition) is 2. The average Bonchev–Trinajstić information content (AvgIpc) is 2.50. The number of phenolic OH excluding ortho intramolecular Hbond substituents is 1. The van der Waals surface area contributed by atoms with Crippen LogP contribution >= 0.6 is 0 Å². The first-order valence-electron chi connectivity index (χ1n) is 7.00. The molecule has 2 aromatic carbocycles. The van der Waals surface area contributed by atoms with Crippen LogP contribution in [0.3, 0.4) is 0 Å². The van der Waals surface area contributed by atoms with Crippen molar-refractivity contribution >= 4 is 12.1 Å². The number of nitrogens with one attached hydrogen (secondary N) is 1. The Morgan fingerprint density at radius 2 is 2.05 bits per heavy atom. The molecule has 2 rings (SSSR count). The fourth-order valence-electron chi connectivity index (χ4n) is 1.88. The van der Waals surface area contributed by atoms with E-state index in [9.17, 15) is 9.90 Å². The number of hydrazone groups is 1. The number of nitrogens with zero attached hydrogens (tertiary/aromatic N) is 1. The Morgan fingerprint density at radius 3 is 2.73 bits per heavy atom. The molecule has 0 heterocycles. The van der Waals surface area contributed by atoms with E-state index in [2.05, 4.69) is 10.5 Å². The predicted molar refractivity (Wildman–Crippen MR) is 85.2 cm³/mol. The van der Waals surface area contributed by atoms with Gasteiger partial charge < -0.3 is 9.84 Å². The number of rotatable bonds is 6. The summed E-state index contributed by atoms with van der Waals surface area (Å²) in [7, 11) is 0. The van der Waals surface area contributed by atoms with Crippen LogP contribution in [0.4, 0.5) is 0 Å². The van der Waals surface area contributed by atoms with E-state index in [-0.39, 0.29) is 18.1 Å². The van der Waals surface area contributed by atoms with Crippen molar-refractivity contribution in [3.63, 3.8) is 0 Å².